The van der Waals surface area contributed by atoms with E-state index in [0.717, 1.165) is 12.0 Å². The second kappa shape index (κ2) is 9.53. The number of esters is 1. The summed E-state index contributed by atoms with van der Waals surface area (Å²) in [5.74, 6) is -2.36. The minimum Gasteiger partial charge on any atom is -0.507 e. The number of methoxy groups -OCH3 is 1. The third kappa shape index (κ3) is 4.20. The van der Waals surface area contributed by atoms with Crippen molar-refractivity contribution in [2.75, 3.05) is 12.0 Å². The van der Waals surface area contributed by atoms with Crippen LogP contribution in [0.5, 0.6) is 0 Å². The van der Waals surface area contributed by atoms with Gasteiger partial charge in [0.2, 0.25) is 0 Å². The van der Waals surface area contributed by atoms with E-state index in [1.807, 2.05) is 31.2 Å². The van der Waals surface area contributed by atoms with Crippen LogP contribution in [0.15, 0.2) is 78.4 Å². The Hall–Kier alpha value is -3.90. The van der Waals surface area contributed by atoms with Gasteiger partial charge in [-0.25, -0.2) is 4.79 Å². The van der Waals surface area contributed by atoms with Gasteiger partial charge in [-0.2, -0.15) is 0 Å². The van der Waals surface area contributed by atoms with Gasteiger partial charge in [-0.15, -0.1) is 0 Å². The standard InChI is InChI=1S/C27H22ClNO5/c1-3-16-4-6-17(7-5-16)23-22(24(30)18-8-12-20(28)13-9-18)25(31)26(32)29(23)21-14-10-19(11-15-21)27(33)34-2/h4-15,23,30H,3H2,1-2H3/b24-22+. The minimum atomic E-state index is -0.856. The maximum Gasteiger partial charge on any atom is 0.337 e. The van der Waals surface area contributed by atoms with E-state index in [-0.39, 0.29) is 11.3 Å². The number of ether oxygens (including phenoxy) is 1. The lowest BCUT2D eigenvalue weighted by molar-refractivity contribution is -0.132. The van der Waals surface area contributed by atoms with E-state index in [9.17, 15) is 19.5 Å². The molecule has 0 saturated carbocycles. The predicted molar refractivity (Wildman–Crippen MR) is 130 cm³/mol. The van der Waals surface area contributed by atoms with Gasteiger partial charge < -0.3 is 9.84 Å². The molecule has 0 bridgehead atoms. The fourth-order valence-electron chi connectivity index (χ4n) is 3.99. The van der Waals surface area contributed by atoms with Gasteiger partial charge >= 0.3 is 5.97 Å². The average molecular weight is 476 g/mol. The lowest BCUT2D eigenvalue weighted by Crippen LogP contribution is -2.29. The molecule has 1 amide bonds. The molecule has 4 rings (SSSR count). The van der Waals surface area contributed by atoms with Gasteiger partial charge in [-0.1, -0.05) is 42.8 Å². The number of nitrogens with zero attached hydrogens (tertiary/aromatic N) is 1. The van der Waals surface area contributed by atoms with Gasteiger partial charge in [-0.3, -0.25) is 14.5 Å². The highest BCUT2D eigenvalue weighted by molar-refractivity contribution is 6.51. The molecule has 172 valence electrons. The summed E-state index contributed by atoms with van der Waals surface area (Å²) < 4.78 is 4.73. The van der Waals surface area contributed by atoms with Crippen LogP contribution < -0.4 is 4.90 Å². The number of rotatable bonds is 5. The van der Waals surface area contributed by atoms with Crippen LogP contribution in [0.3, 0.4) is 0 Å². The van der Waals surface area contributed by atoms with Crippen LogP contribution in [0.1, 0.15) is 40.0 Å². The Bertz CT molecular complexity index is 1280. The Morgan fingerprint density at radius 2 is 1.53 bits per heavy atom. The third-order valence-corrected chi connectivity index (χ3v) is 6.08. The van der Waals surface area contributed by atoms with Gasteiger partial charge in [0.15, 0.2) is 0 Å². The highest BCUT2D eigenvalue weighted by Gasteiger charge is 2.47. The van der Waals surface area contributed by atoms with Gasteiger partial charge in [0.05, 0.1) is 24.3 Å². The van der Waals surface area contributed by atoms with Crippen molar-refractivity contribution in [3.05, 3.63) is 106 Å². The van der Waals surface area contributed by atoms with E-state index in [0.29, 0.717) is 27.4 Å². The molecule has 6 nitrogen and oxygen atoms in total. The molecule has 34 heavy (non-hydrogen) atoms. The average Bonchev–Trinajstić information content (AvgIpc) is 3.14. The maximum atomic E-state index is 13.2. The number of aliphatic hydroxyl groups is 1. The van der Waals surface area contributed by atoms with Crippen LogP contribution >= 0.6 is 11.6 Å². The third-order valence-electron chi connectivity index (χ3n) is 5.83. The molecule has 1 fully saturated rings. The van der Waals surface area contributed by atoms with Crippen molar-refractivity contribution in [1.29, 1.82) is 0 Å². The lowest BCUT2D eigenvalue weighted by Gasteiger charge is -2.25. The van der Waals surface area contributed by atoms with Gasteiger partial charge in [0.25, 0.3) is 11.7 Å². The SMILES string of the molecule is CCc1ccc(C2/C(=C(\O)c3ccc(Cl)cc3)C(=O)C(=O)N2c2ccc(C(=O)OC)cc2)cc1. The number of ketones is 1. The summed E-state index contributed by atoms with van der Waals surface area (Å²) in [5, 5.41) is 11.6. The molecule has 1 atom stereocenters. The number of anilines is 1. The first-order valence-electron chi connectivity index (χ1n) is 10.7. The zero-order valence-electron chi connectivity index (χ0n) is 18.6. The molecule has 7 heteroatoms. The summed E-state index contributed by atoms with van der Waals surface area (Å²) in [6.07, 6.45) is 0.834. The number of aryl methyl sites for hydroxylation is 1. The Morgan fingerprint density at radius 1 is 0.941 bits per heavy atom. The number of hydrogen-bond donors (Lipinski definition) is 1. The van der Waals surface area contributed by atoms with E-state index >= 15 is 0 Å². The molecule has 3 aromatic carbocycles. The predicted octanol–water partition coefficient (Wildman–Crippen LogP) is 5.32. The molecular formula is C27H22ClNO5. The van der Waals surface area contributed by atoms with Crippen LogP contribution in [0.4, 0.5) is 5.69 Å². The smallest absolute Gasteiger partial charge is 0.337 e. The monoisotopic (exact) mass is 475 g/mol. The fraction of sp³-hybridized carbons (Fsp3) is 0.148. The zero-order chi connectivity index (χ0) is 24.4. The molecule has 0 radical (unpaired) electrons. The molecule has 1 N–H and O–H groups in total. The highest BCUT2D eigenvalue weighted by Crippen LogP contribution is 2.42. The number of amides is 1. The quantitative estimate of drug-likeness (QED) is 0.234. The van der Waals surface area contributed by atoms with Crippen LogP contribution in [0, 0.1) is 0 Å². The number of aliphatic hydroxyl groups excluding tert-OH is 1. The van der Waals surface area contributed by atoms with E-state index in [2.05, 4.69) is 0 Å². The number of benzene rings is 3. The lowest BCUT2D eigenvalue weighted by atomic mass is 9.94. The van der Waals surface area contributed by atoms with Gasteiger partial charge in [0.1, 0.15) is 5.76 Å². The molecule has 0 aromatic heterocycles. The van der Waals surface area contributed by atoms with Crippen LogP contribution in [0.25, 0.3) is 5.76 Å². The number of halogens is 1. The van der Waals surface area contributed by atoms with Crippen molar-refractivity contribution in [3.63, 3.8) is 0 Å². The van der Waals surface area contributed by atoms with Crippen LogP contribution in [-0.4, -0.2) is 29.9 Å². The molecule has 1 aliphatic heterocycles. The van der Waals surface area contributed by atoms with Crippen molar-refractivity contribution in [2.45, 2.75) is 19.4 Å². The molecule has 1 saturated heterocycles. The first-order valence-corrected chi connectivity index (χ1v) is 11.1. The summed E-state index contributed by atoms with van der Waals surface area (Å²) in [5.41, 5.74) is 2.85. The van der Waals surface area contributed by atoms with Crippen LogP contribution in [-0.2, 0) is 20.7 Å². The molecule has 1 aliphatic rings. The molecule has 1 heterocycles. The van der Waals surface area contributed by atoms with Crippen molar-refractivity contribution < 1.29 is 24.2 Å². The Labute approximate surface area is 202 Å². The summed E-state index contributed by atoms with van der Waals surface area (Å²) in [4.78, 5) is 39.6. The van der Waals surface area contributed by atoms with E-state index in [1.165, 1.54) is 24.1 Å². The first-order chi connectivity index (χ1) is 16.3. The van der Waals surface area contributed by atoms with Gasteiger partial charge in [0, 0.05) is 16.3 Å². The highest BCUT2D eigenvalue weighted by atomic mass is 35.5. The number of hydrogen-bond acceptors (Lipinski definition) is 5. The summed E-state index contributed by atoms with van der Waals surface area (Å²) >= 11 is 5.97. The van der Waals surface area contributed by atoms with Gasteiger partial charge in [-0.05, 0) is 66.1 Å². The molecule has 3 aromatic rings. The van der Waals surface area contributed by atoms with E-state index in [1.54, 1.807) is 36.4 Å². The summed E-state index contributed by atoms with van der Waals surface area (Å²) in [6, 6.07) is 19.3. The maximum absolute atomic E-state index is 13.2. The topological polar surface area (TPSA) is 83.9 Å². The molecule has 0 spiro atoms. The van der Waals surface area contributed by atoms with Crippen molar-refractivity contribution in [3.8, 4) is 0 Å². The van der Waals surface area contributed by atoms with Crippen LogP contribution in [0.2, 0.25) is 5.02 Å². The van der Waals surface area contributed by atoms with Crippen molar-refractivity contribution in [1.82, 2.24) is 0 Å². The molecule has 1 unspecified atom stereocenters. The zero-order valence-corrected chi connectivity index (χ0v) is 19.4. The second-order valence-corrected chi connectivity index (χ2v) is 8.25. The second-order valence-electron chi connectivity index (χ2n) is 7.81. The number of carbonyl (C=O) groups excluding carboxylic acids is 3. The van der Waals surface area contributed by atoms with E-state index < -0.39 is 23.7 Å². The Balaban J connectivity index is 1.88. The van der Waals surface area contributed by atoms with Crippen molar-refractivity contribution in [2.24, 2.45) is 0 Å². The number of Topliss-reactive ketones (excluding diaryl/α,β-unsaturated/α-hetero) is 1. The van der Waals surface area contributed by atoms with E-state index in [4.69, 9.17) is 16.3 Å². The minimum absolute atomic E-state index is 0.0198. The number of carbonyl (C=O) groups is 3. The normalized spacial score (nSPS) is 17.1. The molecule has 0 aliphatic carbocycles. The van der Waals surface area contributed by atoms with Crippen molar-refractivity contribution >= 4 is 40.7 Å². The first kappa shape index (κ1) is 23.3. The Morgan fingerprint density at radius 3 is 2.09 bits per heavy atom. The fourth-order valence-corrected chi connectivity index (χ4v) is 4.12. The summed E-state index contributed by atoms with van der Waals surface area (Å²) in [7, 11) is 1.28. The largest absolute Gasteiger partial charge is 0.507 e. The molecular weight excluding hydrogens is 454 g/mol. The Kier molecular flexibility index (Phi) is 6.52. The summed E-state index contributed by atoms with van der Waals surface area (Å²) in [6.45, 7) is 2.03.